The lowest BCUT2D eigenvalue weighted by molar-refractivity contribution is -0.387. The van der Waals surface area contributed by atoms with Crippen molar-refractivity contribution in [3.63, 3.8) is 0 Å². The summed E-state index contributed by atoms with van der Waals surface area (Å²) in [7, 11) is -1.96. The minimum atomic E-state index is -4.68. The van der Waals surface area contributed by atoms with E-state index in [1.807, 2.05) is 37.3 Å². The van der Waals surface area contributed by atoms with Crippen LogP contribution in [0.4, 0.5) is 11.4 Å². The Kier molecular flexibility index (Phi) is 11.7. The number of hydrogen-bond donors (Lipinski definition) is 2. The van der Waals surface area contributed by atoms with E-state index in [-0.39, 0.29) is 30.0 Å². The molecule has 0 aliphatic heterocycles. The molecule has 15 heteroatoms. The Morgan fingerprint density at radius 3 is 2.25 bits per heavy atom. The van der Waals surface area contributed by atoms with Crippen LogP contribution in [0.3, 0.4) is 0 Å². The number of rotatable bonds is 15. The first-order chi connectivity index (χ1) is 23.0. The summed E-state index contributed by atoms with van der Waals surface area (Å²) in [5.74, 6) is -0.307. The number of nitrogens with one attached hydrogen (secondary N) is 2. The highest BCUT2D eigenvalue weighted by atomic mass is 32.2. The fourth-order valence-electron chi connectivity index (χ4n) is 4.49. The van der Waals surface area contributed by atoms with Gasteiger partial charge < -0.3 is 19.5 Å². The van der Waals surface area contributed by atoms with Crippen molar-refractivity contribution in [3.05, 3.63) is 118 Å². The second-order valence-electron chi connectivity index (χ2n) is 10.1. The molecule has 4 aromatic rings. The monoisotopic (exact) mass is 675 g/mol. The van der Waals surface area contributed by atoms with Gasteiger partial charge in [-0.25, -0.2) is 13.8 Å². The van der Waals surface area contributed by atoms with Gasteiger partial charge in [-0.1, -0.05) is 42.5 Å². The lowest BCUT2D eigenvalue weighted by atomic mass is 10.1. The van der Waals surface area contributed by atoms with E-state index < -0.39 is 38.0 Å². The van der Waals surface area contributed by atoms with Crippen molar-refractivity contribution >= 4 is 39.4 Å². The van der Waals surface area contributed by atoms with Crippen LogP contribution in [0.25, 0.3) is 0 Å². The number of methoxy groups -OCH3 is 2. The van der Waals surface area contributed by atoms with Crippen LogP contribution >= 0.6 is 0 Å². The van der Waals surface area contributed by atoms with Crippen molar-refractivity contribution in [1.29, 1.82) is 0 Å². The van der Waals surface area contributed by atoms with Crippen molar-refractivity contribution in [1.82, 2.24) is 10.7 Å². The average molecular weight is 676 g/mol. The number of carbonyl (C=O) groups excluding carboxylic acids is 2. The Balaban J connectivity index is 1.43. The number of nitro groups is 1. The molecule has 0 aliphatic carbocycles. The number of anilines is 1. The third kappa shape index (κ3) is 8.85. The van der Waals surface area contributed by atoms with Crippen LogP contribution in [0, 0.1) is 10.1 Å². The highest BCUT2D eigenvalue weighted by Gasteiger charge is 2.34. The molecule has 1 atom stereocenters. The summed E-state index contributed by atoms with van der Waals surface area (Å²) in [5, 5.41) is 18.4. The minimum Gasteiger partial charge on any atom is -0.497 e. The number of para-hydroxylation sites is 1. The second kappa shape index (κ2) is 16.0. The molecule has 0 fully saturated rings. The van der Waals surface area contributed by atoms with E-state index in [1.165, 1.54) is 50.8 Å². The molecule has 0 radical (unpaired) electrons. The molecule has 0 aliphatic rings. The molecule has 0 saturated carbocycles. The Hall–Kier alpha value is -5.96. The summed E-state index contributed by atoms with van der Waals surface area (Å²) in [6.07, 6.45) is 1.32. The maximum absolute atomic E-state index is 13.8. The van der Waals surface area contributed by atoms with Gasteiger partial charge in [-0.15, -0.1) is 0 Å². The highest BCUT2D eigenvalue weighted by Crippen LogP contribution is 2.37. The summed E-state index contributed by atoms with van der Waals surface area (Å²) in [4.78, 5) is 35.6. The molecule has 0 spiro atoms. The van der Waals surface area contributed by atoms with E-state index in [0.29, 0.717) is 21.4 Å². The summed E-state index contributed by atoms with van der Waals surface area (Å²) in [6, 6.07) is 24.9. The van der Waals surface area contributed by atoms with Crippen LogP contribution in [-0.2, 0) is 19.6 Å². The van der Waals surface area contributed by atoms with E-state index in [4.69, 9.17) is 14.2 Å². The topological polar surface area (TPSA) is 179 Å². The van der Waals surface area contributed by atoms with Crippen molar-refractivity contribution in [2.24, 2.45) is 5.10 Å². The largest absolute Gasteiger partial charge is 0.497 e. The van der Waals surface area contributed by atoms with Crippen LogP contribution in [0.15, 0.2) is 107 Å². The van der Waals surface area contributed by atoms with Gasteiger partial charge in [0.2, 0.25) is 0 Å². The maximum Gasteiger partial charge on any atom is 0.289 e. The summed E-state index contributed by atoms with van der Waals surface area (Å²) >= 11 is 0. The number of hydrogen-bond acceptors (Lipinski definition) is 10. The predicted octanol–water partition coefficient (Wildman–Crippen LogP) is 4.21. The second-order valence-corrected chi connectivity index (χ2v) is 12.0. The number of benzene rings is 4. The Bertz CT molecular complexity index is 1890. The van der Waals surface area contributed by atoms with Gasteiger partial charge in [0.1, 0.15) is 23.8 Å². The molecule has 0 aromatic heterocycles. The third-order valence-electron chi connectivity index (χ3n) is 6.90. The molecule has 250 valence electrons. The molecule has 48 heavy (non-hydrogen) atoms. The molecular weight excluding hydrogens is 642 g/mol. The fraction of sp³-hybridized carbons (Fsp3) is 0.182. The molecule has 4 rings (SSSR count). The standard InChI is InChI=1S/C33H33N5O9S/c1-23(25-9-5-4-6-10-25)35-33(40)22-47-26-15-13-24(14-16-26)20-34-36-32(39)21-37(28-18-17-27(45-2)19-30(28)46-3)48(43,44)31-12-8-7-11-29(31)38(41)42/h4-20,23H,21-22H2,1-3H3,(H,35,40)(H,36,39)/b34-20-/t23-/m0/s1. The first kappa shape index (κ1) is 34.9. The molecule has 0 heterocycles. The number of amides is 2. The van der Waals surface area contributed by atoms with Crippen molar-refractivity contribution < 1.29 is 37.1 Å². The van der Waals surface area contributed by atoms with Gasteiger partial charge in [-0.05, 0) is 60.5 Å². The lowest BCUT2D eigenvalue weighted by Crippen LogP contribution is -2.40. The van der Waals surface area contributed by atoms with E-state index >= 15 is 0 Å². The van der Waals surface area contributed by atoms with E-state index in [2.05, 4.69) is 15.8 Å². The number of sulfonamides is 1. The normalized spacial score (nSPS) is 11.7. The zero-order valence-electron chi connectivity index (χ0n) is 26.2. The van der Waals surface area contributed by atoms with Gasteiger partial charge in [0, 0.05) is 12.1 Å². The van der Waals surface area contributed by atoms with E-state index in [9.17, 15) is 28.1 Å². The van der Waals surface area contributed by atoms with E-state index in [1.54, 1.807) is 24.3 Å². The van der Waals surface area contributed by atoms with Crippen LogP contribution in [0.2, 0.25) is 0 Å². The van der Waals surface area contributed by atoms with E-state index in [0.717, 1.165) is 17.7 Å². The molecule has 14 nitrogen and oxygen atoms in total. The van der Waals surface area contributed by atoms with Crippen LogP contribution in [0.1, 0.15) is 24.1 Å². The average Bonchev–Trinajstić information content (AvgIpc) is 3.10. The maximum atomic E-state index is 13.8. The number of ether oxygens (including phenoxy) is 3. The van der Waals surface area contributed by atoms with Gasteiger partial charge in [-0.3, -0.25) is 24.0 Å². The quantitative estimate of drug-likeness (QED) is 0.106. The SMILES string of the molecule is COc1ccc(N(CC(=O)N/N=C\c2ccc(OCC(=O)N[C@@H](C)c3ccccc3)cc2)S(=O)(=O)c2ccccc2[N+](=O)[O-])c(OC)c1. The summed E-state index contributed by atoms with van der Waals surface area (Å²) < 4.78 is 44.5. The number of carbonyl (C=O) groups is 2. The highest BCUT2D eigenvalue weighted by molar-refractivity contribution is 7.93. The number of hydrazone groups is 1. The van der Waals surface area contributed by atoms with Gasteiger partial charge >= 0.3 is 0 Å². The third-order valence-corrected chi connectivity index (χ3v) is 8.71. The first-order valence-corrected chi connectivity index (χ1v) is 15.8. The Morgan fingerprint density at radius 1 is 0.917 bits per heavy atom. The van der Waals surface area contributed by atoms with Crippen molar-refractivity contribution in [2.45, 2.75) is 17.9 Å². The zero-order valence-corrected chi connectivity index (χ0v) is 27.0. The van der Waals surface area contributed by atoms with Crippen LogP contribution in [0.5, 0.6) is 17.2 Å². The Morgan fingerprint density at radius 2 is 1.58 bits per heavy atom. The minimum absolute atomic E-state index is 0.0401. The van der Waals surface area contributed by atoms with Crippen molar-refractivity contribution in [3.8, 4) is 17.2 Å². The number of nitrogens with zero attached hydrogens (tertiary/aromatic N) is 3. The predicted molar refractivity (Wildman–Crippen MR) is 178 cm³/mol. The lowest BCUT2D eigenvalue weighted by Gasteiger charge is -2.25. The van der Waals surface area contributed by atoms with Crippen LogP contribution < -0.4 is 29.3 Å². The van der Waals surface area contributed by atoms with Gasteiger partial charge in [0.05, 0.1) is 37.1 Å². The van der Waals surface area contributed by atoms with Gasteiger partial charge in [0.25, 0.3) is 27.5 Å². The van der Waals surface area contributed by atoms with Gasteiger partial charge in [0.15, 0.2) is 11.5 Å². The molecular formula is C33H33N5O9S. The molecule has 0 saturated heterocycles. The molecule has 0 unspecified atom stereocenters. The first-order valence-electron chi connectivity index (χ1n) is 14.4. The van der Waals surface area contributed by atoms with Crippen molar-refractivity contribution in [2.75, 3.05) is 31.7 Å². The zero-order chi connectivity index (χ0) is 34.7. The molecule has 4 aromatic carbocycles. The van der Waals surface area contributed by atoms with Gasteiger partial charge in [-0.2, -0.15) is 5.10 Å². The fourth-order valence-corrected chi connectivity index (χ4v) is 6.08. The Labute approximate surface area is 277 Å². The number of nitro benzene ring substituents is 1. The smallest absolute Gasteiger partial charge is 0.289 e. The summed E-state index contributed by atoms with van der Waals surface area (Å²) in [6.45, 7) is 0.888. The molecule has 2 N–H and O–H groups in total. The summed E-state index contributed by atoms with van der Waals surface area (Å²) in [5.41, 5.74) is 3.09. The van der Waals surface area contributed by atoms with Crippen LogP contribution in [-0.4, -0.2) is 58.7 Å². The molecule has 0 bridgehead atoms. The molecule has 2 amide bonds.